The molecule has 0 fully saturated rings. The molecular weight excluding hydrogens is 396 g/mol. The van der Waals surface area contributed by atoms with Crippen LogP contribution < -0.4 is 16.2 Å². The molecule has 0 radical (unpaired) electrons. The van der Waals surface area contributed by atoms with Crippen molar-refractivity contribution in [2.45, 2.75) is 13.8 Å². The van der Waals surface area contributed by atoms with Gasteiger partial charge in [-0.25, -0.2) is 9.78 Å². The molecule has 0 spiro atoms. The predicted molar refractivity (Wildman–Crippen MR) is 108 cm³/mol. The molecule has 3 aromatic rings. The Bertz CT molecular complexity index is 1160. The molecule has 3 N–H and O–H groups in total. The number of hydrogen-bond acceptors (Lipinski definition) is 7. The van der Waals surface area contributed by atoms with Crippen LogP contribution in [0.4, 0.5) is 5.69 Å². The summed E-state index contributed by atoms with van der Waals surface area (Å²) in [5.41, 5.74) is 1.06. The minimum absolute atomic E-state index is 0.228. The van der Waals surface area contributed by atoms with Crippen molar-refractivity contribution in [2.24, 2.45) is 0 Å². The number of thiophene rings is 1. The first-order valence-corrected chi connectivity index (χ1v) is 9.41. The molecule has 0 atom stereocenters. The molecule has 2 heterocycles. The lowest BCUT2D eigenvalue weighted by Crippen LogP contribution is -2.21. The highest BCUT2D eigenvalue weighted by Gasteiger charge is 2.21. The molecule has 10 heteroatoms. The second-order valence-electron chi connectivity index (χ2n) is 6.17. The van der Waals surface area contributed by atoms with Crippen molar-refractivity contribution in [2.75, 3.05) is 19.0 Å². The number of rotatable bonds is 5. The van der Waals surface area contributed by atoms with E-state index in [1.54, 1.807) is 38.1 Å². The molecule has 0 aliphatic heterocycles. The molecule has 2 aromatic heterocycles. The fraction of sp³-hybridized carbons (Fsp3) is 0.211. The Labute approximate surface area is 169 Å². The number of fused-ring (bicyclic) bond motifs is 1. The fourth-order valence-electron chi connectivity index (χ4n) is 2.69. The van der Waals surface area contributed by atoms with E-state index < -0.39 is 18.5 Å². The Hall–Kier alpha value is -3.53. The van der Waals surface area contributed by atoms with Gasteiger partial charge < -0.3 is 20.4 Å². The summed E-state index contributed by atoms with van der Waals surface area (Å²) in [7, 11) is 1.53. The Morgan fingerprint density at radius 2 is 1.86 bits per heavy atom. The van der Waals surface area contributed by atoms with Crippen molar-refractivity contribution < 1.29 is 19.1 Å². The molecule has 0 aliphatic carbocycles. The first-order chi connectivity index (χ1) is 13.8. The van der Waals surface area contributed by atoms with Crippen LogP contribution in [0.15, 0.2) is 29.1 Å². The van der Waals surface area contributed by atoms with Gasteiger partial charge in [0.1, 0.15) is 15.5 Å². The molecule has 2 amide bonds. The zero-order valence-electron chi connectivity index (χ0n) is 15.9. The number of H-pyrrole nitrogens is 1. The van der Waals surface area contributed by atoms with Gasteiger partial charge in [0, 0.05) is 18.3 Å². The summed E-state index contributed by atoms with van der Waals surface area (Å²) in [5, 5.41) is 5.42. The minimum Gasteiger partial charge on any atom is -0.451 e. The molecule has 0 bridgehead atoms. The van der Waals surface area contributed by atoms with Gasteiger partial charge in [0.2, 0.25) is 0 Å². The number of nitrogens with one attached hydrogen (secondary N) is 3. The van der Waals surface area contributed by atoms with E-state index in [2.05, 4.69) is 20.6 Å². The third kappa shape index (κ3) is 4.32. The highest BCUT2D eigenvalue weighted by molar-refractivity contribution is 7.20. The average molecular weight is 414 g/mol. The van der Waals surface area contributed by atoms with Gasteiger partial charge in [-0.1, -0.05) is 0 Å². The minimum atomic E-state index is -0.701. The van der Waals surface area contributed by atoms with Crippen molar-refractivity contribution in [1.29, 1.82) is 0 Å². The number of ether oxygens (including phenoxy) is 1. The van der Waals surface area contributed by atoms with Crippen LogP contribution in [-0.2, 0) is 9.53 Å². The zero-order valence-corrected chi connectivity index (χ0v) is 16.7. The maximum absolute atomic E-state index is 12.4. The SMILES string of the molecule is CNC(=O)c1ccc(NC(=O)COC(=O)c2sc3nc(C)[nH]c(=O)c3c2C)cc1. The second kappa shape index (κ2) is 8.23. The molecular formula is C19H18N4O5S. The van der Waals surface area contributed by atoms with E-state index in [0.29, 0.717) is 32.9 Å². The van der Waals surface area contributed by atoms with Gasteiger partial charge in [0.25, 0.3) is 17.4 Å². The Morgan fingerprint density at radius 1 is 1.17 bits per heavy atom. The van der Waals surface area contributed by atoms with Gasteiger partial charge in [-0.3, -0.25) is 14.4 Å². The second-order valence-corrected chi connectivity index (χ2v) is 7.17. The van der Waals surface area contributed by atoms with E-state index in [9.17, 15) is 19.2 Å². The molecule has 1 aromatic carbocycles. The summed E-state index contributed by atoms with van der Waals surface area (Å²) in [6, 6.07) is 6.27. The molecule has 0 aliphatic rings. The number of amides is 2. The van der Waals surface area contributed by atoms with Crippen LogP contribution in [0.1, 0.15) is 31.4 Å². The summed E-state index contributed by atoms with van der Waals surface area (Å²) < 4.78 is 5.08. The first-order valence-electron chi connectivity index (χ1n) is 8.59. The smallest absolute Gasteiger partial charge is 0.349 e. The fourth-order valence-corrected chi connectivity index (χ4v) is 3.81. The predicted octanol–water partition coefficient (Wildman–Crippen LogP) is 1.76. The zero-order chi connectivity index (χ0) is 21.1. The molecule has 3 rings (SSSR count). The topological polar surface area (TPSA) is 130 Å². The van der Waals surface area contributed by atoms with Gasteiger partial charge in [0.15, 0.2) is 6.61 Å². The highest BCUT2D eigenvalue weighted by Crippen LogP contribution is 2.27. The molecule has 9 nitrogen and oxygen atoms in total. The van der Waals surface area contributed by atoms with Crippen LogP contribution >= 0.6 is 11.3 Å². The Morgan fingerprint density at radius 3 is 2.52 bits per heavy atom. The molecule has 0 unspecified atom stereocenters. The highest BCUT2D eigenvalue weighted by atomic mass is 32.1. The van der Waals surface area contributed by atoms with Crippen LogP contribution in [0, 0.1) is 13.8 Å². The van der Waals surface area contributed by atoms with E-state index in [4.69, 9.17) is 4.74 Å². The van der Waals surface area contributed by atoms with Crippen molar-refractivity contribution in [3.63, 3.8) is 0 Å². The van der Waals surface area contributed by atoms with E-state index >= 15 is 0 Å². The summed E-state index contributed by atoms with van der Waals surface area (Å²) in [6.07, 6.45) is 0. The van der Waals surface area contributed by atoms with Crippen LogP contribution in [-0.4, -0.2) is 41.4 Å². The van der Waals surface area contributed by atoms with Gasteiger partial charge in [-0.2, -0.15) is 0 Å². The van der Waals surface area contributed by atoms with Gasteiger partial charge in [-0.15, -0.1) is 11.3 Å². The van der Waals surface area contributed by atoms with Crippen LogP contribution in [0.3, 0.4) is 0 Å². The number of hydrogen-bond donors (Lipinski definition) is 3. The number of benzene rings is 1. The van der Waals surface area contributed by atoms with Crippen molar-refractivity contribution in [3.05, 3.63) is 56.4 Å². The van der Waals surface area contributed by atoms with Crippen LogP contribution in [0.5, 0.6) is 0 Å². The van der Waals surface area contributed by atoms with Crippen LogP contribution in [0.25, 0.3) is 10.2 Å². The standard InChI is InChI=1S/C19H18N4O5S/c1-9-14-17(26)21-10(2)22-18(14)29-15(9)19(27)28-8-13(24)23-12-6-4-11(5-7-12)16(25)20-3/h4-7H,8H2,1-3H3,(H,20,25)(H,23,24)(H,21,22,26). The van der Waals surface area contributed by atoms with Crippen molar-refractivity contribution in [1.82, 2.24) is 15.3 Å². The summed E-state index contributed by atoms with van der Waals surface area (Å²) >= 11 is 1.05. The van der Waals surface area contributed by atoms with E-state index in [1.165, 1.54) is 7.05 Å². The number of carbonyl (C=O) groups is 3. The van der Waals surface area contributed by atoms with Gasteiger partial charge in [-0.05, 0) is 43.7 Å². The number of nitrogens with zero attached hydrogens (tertiary/aromatic N) is 1. The molecule has 150 valence electrons. The number of carbonyl (C=O) groups excluding carboxylic acids is 3. The third-order valence-corrected chi connectivity index (χ3v) is 5.26. The summed E-state index contributed by atoms with van der Waals surface area (Å²) in [4.78, 5) is 55.5. The number of anilines is 1. The number of aromatic amines is 1. The van der Waals surface area contributed by atoms with Gasteiger partial charge in [0.05, 0.1) is 5.39 Å². The average Bonchev–Trinajstić information content (AvgIpc) is 3.02. The summed E-state index contributed by atoms with van der Waals surface area (Å²) in [5.74, 6) is -1.02. The Kier molecular flexibility index (Phi) is 5.74. The van der Waals surface area contributed by atoms with Gasteiger partial charge >= 0.3 is 5.97 Å². The number of esters is 1. The maximum Gasteiger partial charge on any atom is 0.349 e. The Balaban J connectivity index is 1.65. The monoisotopic (exact) mass is 414 g/mol. The van der Waals surface area contributed by atoms with Crippen LogP contribution in [0.2, 0.25) is 0 Å². The lowest BCUT2D eigenvalue weighted by atomic mass is 10.2. The van der Waals surface area contributed by atoms with Crippen molar-refractivity contribution >= 4 is 45.0 Å². The quantitative estimate of drug-likeness (QED) is 0.546. The number of aromatic nitrogens is 2. The normalized spacial score (nSPS) is 10.6. The first kappa shape index (κ1) is 20.2. The molecule has 0 saturated heterocycles. The lowest BCUT2D eigenvalue weighted by molar-refractivity contribution is -0.119. The summed E-state index contributed by atoms with van der Waals surface area (Å²) in [6.45, 7) is 2.79. The molecule has 0 saturated carbocycles. The number of aryl methyl sites for hydroxylation is 2. The van der Waals surface area contributed by atoms with E-state index in [-0.39, 0.29) is 16.3 Å². The third-order valence-electron chi connectivity index (χ3n) is 4.10. The van der Waals surface area contributed by atoms with E-state index in [0.717, 1.165) is 11.3 Å². The largest absolute Gasteiger partial charge is 0.451 e. The van der Waals surface area contributed by atoms with Crippen molar-refractivity contribution in [3.8, 4) is 0 Å². The van der Waals surface area contributed by atoms with E-state index in [1.807, 2.05) is 0 Å². The lowest BCUT2D eigenvalue weighted by Gasteiger charge is -2.07. The maximum atomic E-state index is 12.4. The molecule has 29 heavy (non-hydrogen) atoms.